The van der Waals surface area contributed by atoms with Crippen LogP contribution in [-0.2, 0) is 16.0 Å². The zero-order chi connectivity index (χ0) is 17.5. The molecule has 5 heteroatoms. The number of hydrogen-bond donors (Lipinski definition) is 2. The number of nitrogens with one attached hydrogen (secondary N) is 1. The van der Waals surface area contributed by atoms with Gasteiger partial charge in [-0.1, -0.05) is 61.0 Å². The second-order valence-electron chi connectivity index (χ2n) is 5.78. The Morgan fingerprint density at radius 2 is 1.83 bits per heavy atom. The molecule has 0 aliphatic heterocycles. The summed E-state index contributed by atoms with van der Waals surface area (Å²) in [6, 6.07) is 16.3. The molecule has 0 spiro atoms. The number of carbonyl (C=O) groups excluding carboxylic acids is 1. The number of hydrogen-bond acceptors (Lipinski definition) is 2. The van der Waals surface area contributed by atoms with Gasteiger partial charge in [-0.2, -0.15) is 0 Å². The Hall–Kier alpha value is -2.33. The van der Waals surface area contributed by atoms with E-state index < -0.39 is 11.9 Å². The highest BCUT2D eigenvalue weighted by Gasteiger charge is 2.22. The summed E-state index contributed by atoms with van der Waals surface area (Å²) in [7, 11) is 0. The van der Waals surface area contributed by atoms with Gasteiger partial charge in [-0.05, 0) is 29.7 Å². The molecule has 0 heterocycles. The fraction of sp³-hybridized carbons (Fsp3) is 0.263. The fourth-order valence-corrected chi connectivity index (χ4v) is 2.73. The highest BCUT2D eigenvalue weighted by atomic mass is 35.5. The average molecular weight is 346 g/mol. The summed E-state index contributed by atoms with van der Waals surface area (Å²) >= 11 is 5.95. The summed E-state index contributed by atoms with van der Waals surface area (Å²) in [5, 5.41) is 12.8. The van der Waals surface area contributed by atoms with Crippen molar-refractivity contribution in [3.8, 4) is 0 Å². The molecule has 2 unspecified atom stereocenters. The van der Waals surface area contributed by atoms with Gasteiger partial charge in [0.15, 0.2) is 0 Å². The van der Waals surface area contributed by atoms with Crippen molar-refractivity contribution in [2.24, 2.45) is 5.92 Å². The largest absolute Gasteiger partial charge is 0.481 e. The number of benzene rings is 2. The zero-order valence-corrected chi connectivity index (χ0v) is 14.2. The maximum atomic E-state index is 12.3. The molecular weight excluding hydrogens is 326 g/mol. The third kappa shape index (κ3) is 5.10. The van der Waals surface area contributed by atoms with Crippen LogP contribution in [0.1, 0.15) is 24.0 Å². The second-order valence-corrected chi connectivity index (χ2v) is 6.22. The third-order valence-corrected chi connectivity index (χ3v) is 4.09. The van der Waals surface area contributed by atoms with Gasteiger partial charge in [-0.25, -0.2) is 0 Å². The Morgan fingerprint density at radius 3 is 2.46 bits per heavy atom. The Labute approximate surface area is 146 Å². The highest BCUT2D eigenvalue weighted by Crippen LogP contribution is 2.17. The van der Waals surface area contributed by atoms with Crippen LogP contribution in [0.2, 0.25) is 5.02 Å². The molecule has 24 heavy (non-hydrogen) atoms. The Balaban J connectivity index is 1.94. The van der Waals surface area contributed by atoms with Crippen LogP contribution in [0.3, 0.4) is 0 Å². The van der Waals surface area contributed by atoms with Gasteiger partial charge in [0.25, 0.3) is 0 Å². The maximum absolute atomic E-state index is 12.3. The minimum absolute atomic E-state index is 0.0675. The first-order valence-corrected chi connectivity index (χ1v) is 8.15. The lowest BCUT2D eigenvalue weighted by atomic mass is 9.97. The Kier molecular flexibility index (Phi) is 6.38. The molecule has 0 aromatic heterocycles. The van der Waals surface area contributed by atoms with E-state index in [2.05, 4.69) is 5.32 Å². The van der Waals surface area contributed by atoms with Crippen LogP contribution in [0.4, 0.5) is 0 Å². The molecule has 0 saturated heterocycles. The average Bonchev–Trinajstić information content (AvgIpc) is 2.55. The normalized spacial score (nSPS) is 13.1. The van der Waals surface area contributed by atoms with Crippen LogP contribution >= 0.6 is 11.6 Å². The first kappa shape index (κ1) is 18.0. The molecule has 0 aliphatic rings. The van der Waals surface area contributed by atoms with Gasteiger partial charge in [0.2, 0.25) is 5.91 Å². The molecule has 2 N–H and O–H groups in total. The SMILES string of the molecule is CC(Cc1cccc(Cl)c1)C(=O)NCC(C(=O)O)c1ccccc1. The number of aliphatic carboxylic acids is 1. The van der Waals surface area contributed by atoms with Crippen LogP contribution in [0, 0.1) is 5.92 Å². The predicted molar refractivity (Wildman–Crippen MR) is 94.1 cm³/mol. The van der Waals surface area contributed by atoms with E-state index in [9.17, 15) is 14.7 Å². The van der Waals surface area contributed by atoms with Crippen molar-refractivity contribution in [1.82, 2.24) is 5.32 Å². The van der Waals surface area contributed by atoms with Crippen LogP contribution < -0.4 is 5.32 Å². The Bertz CT molecular complexity index is 703. The van der Waals surface area contributed by atoms with Gasteiger partial charge in [-0.3, -0.25) is 9.59 Å². The molecule has 126 valence electrons. The molecule has 2 aromatic carbocycles. The van der Waals surface area contributed by atoms with Crippen molar-refractivity contribution in [3.05, 3.63) is 70.7 Å². The van der Waals surface area contributed by atoms with E-state index >= 15 is 0 Å². The molecule has 4 nitrogen and oxygen atoms in total. The van der Waals surface area contributed by atoms with Crippen molar-refractivity contribution in [2.75, 3.05) is 6.54 Å². The quantitative estimate of drug-likeness (QED) is 0.807. The maximum Gasteiger partial charge on any atom is 0.312 e. The van der Waals surface area contributed by atoms with Gasteiger partial charge in [0, 0.05) is 17.5 Å². The van der Waals surface area contributed by atoms with Crippen LogP contribution in [-0.4, -0.2) is 23.5 Å². The number of rotatable bonds is 7. The molecule has 0 radical (unpaired) electrons. The number of amides is 1. The summed E-state index contributed by atoms with van der Waals surface area (Å²) in [4.78, 5) is 23.7. The van der Waals surface area contributed by atoms with Crippen LogP contribution in [0.5, 0.6) is 0 Å². The lowest BCUT2D eigenvalue weighted by Gasteiger charge is -2.16. The van der Waals surface area contributed by atoms with Crippen molar-refractivity contribution < 1.29 is 14.7 Å². The Morgan fingerprint density at radius 1 is 1.12 bits per heavy atom. The molecule has 0 saturated carbocycles. The summed E-state index contributed by atoms with van der Waals surface area (Å²) in [6.45, 7) is 1.88. The van der Waals surface area contributed by atoms with E-state index in [1.807, 2.05) is 31.2 Å². The van der Waals surface area contributed by atoms with Crippen LogP contribution in [0.25, 0.3) is 0 Å². The summed E-state index contributed by atoms with van der Waals surface area (Å²) < 4.78 is 0. The minimum atomic E-state index is -0.955. The summed E-state index contributed by atoms with van der Waals surface area (Å²) in [5.74, 6) is -2.15. The smallest absolute Gasteiger partial charge is 0.312 e. The van der Waals surface area contributed by atoms with Crippen molar-refractivity contribution in [3.63, 3.8) is 0 Å². The molecule has 2 rings (SSSR count). The van der Waals surface area contributed by atoms with E-state index in [0.29, 0.717) is 17.0 Å². The molecule has 0 bridgehead atoms. The number of halogens is 1. The van der Waals surface area contributed by atoms with Crippen molar-refractivity contribution in [1.29, 1.82) is 0 Å². The van der Waals surface area contributed by atoms with E-state index in [0.717, 1.165) is 5.56 Å². The van der Waals surface area contributed by atoms with E-state index in [1.165, 1.54) is 0 Å². The monoisotopic (exact) mass is 345 g/mol. The van der Waals surface area contributed by atoms with E-state index in [4.69, 9.17) is 11.6 Å². The first-order chi connectivity index (χ1) is 11.5. The first-order valence-electron chi connectivity index (χ1n) is 7.77. The van der Waals surface area contributed by atoms with Crippen LogP contribution in [0.15, 0.2) is 54.6 Å². The molecule has 0 fully saturated rings. The van der Waals surface area contributed by atoms with Crippen molar-refractivity contribution >= 4 is 23.5 Å². The second kappa shape index (κ2) is 8.50. The lowest BCUT2D eigenvalue weighted by Crippen LogP contribution is -2.35. The minimum Gasteiger partial charge on any atom is -0.481 e. The number of carboxylic acid groups (broad SMARTS) is 1. The molecule has 0 aliphatic carbocycles. The molecule has 2 aromatic rings. The summed E-state index contributed by atoms with van der Waals surface area (Å²) in [6.07, 6.45) is 0.551. The number of carbonyl (C=O) groups is 2. The standard InChI is InChI=1S/C19H20ClNO3/c1-13(10-14-6-5-9-16(20)11-14)18(22)21-12-17(19(23)24)15-7-3-2-4-8-15/h2-9,11,13,17H,10,12H2,1H3,(H,21,22)(H,23,24). The zero-order valence-electron chi connectivity index (χ0n) is 13.4. The van der Waals surface area contributed by atoms with Gasteiger partial charge in [0.1, 0.15) is 0 Å². The van der Waals surface area contributed by atoms with Gasteiger partial charge in [0.05, 0.1) is 5.92 Å². The fourth-order valence-electron chi connectivity index (χ4n) is 2.52. The highest BCUT2D eigenvalue weighted by molar-refractivity contribution is 6.30. The predicted octanol–water partition coefficient (Wildman–Crippen LogP) is 3.50. The van der Waals surface area contributed by atoms with E-state index in [-0.39, 0.29) is 18.4 Å². The summed E-state index contributed by atoms with van der Waals surface area (Å²) in [5.41, 5.74) is 1.65. The molecule has 1 amide bonds. The molecule has 2 atom stereocenters. The van der Waals surface area contributed by atoms with E-state index in [1.54, 1.807) is 30.3 Å². The number of carboxylic acids is 1. The van der Waals surface area contributed by atoms with Crippen molar-refractivity contribution in [2.45, 2.75) is 19.3 Å². The molecular formula is C19H20ClNO3. The van der Waals surface area contributed by atoms with Gasteiger partial charge in [-0.15, -0.1) is 0 Å². The topological polar surface area (TPSA) is 66.4 Å². The lowest BCUT2D eigenvalue weighted by molar-refractivity contribution is -0.138. The van der Waals surface area contributed by atoms with Gasteiger partial charge >= 0.3 is 5.97 Å². The third-order valence-electron chi connectivity index (χ3n) is 3.86. The van der Waals surface area contributed by atoms with Gasteiger partial charge < -0.3 is 10.4 Å².